The number of hydrogen-bond acceptors (Lipinski definition) is 5. The molecule has 0 bridgehead atoms. The Bertz CT molecular complexity index is 865. The lowest BCUT2D eigenvalue weighted by atomic mass is 9.88. The van der Waals surface area contributed by atoms with E-state index in [0.29, 0.717) is 0 Å². The zero-order valence-corrected chi connectivity index (χ0v) is 12.2. The average Bonchev–Trinajstić information content (AvgIpc) is 2.78. The molecule has 2 N–H and O–H groups in total. The van der Waals surface area contributed by atoms with E-state index >= 15 is 0 Å². The number of halogens is 1. The minimum atomic E-state index is -2.18. The van der Waals surface area contributed by atoms with Crippen molar-refractivity contribution in [2.75, 3.05) is 5.32 Å². The van der Waals surface area contributed by atoms with Gasteiger partial charge in [-0.25, -0.2) is 4.39 Å². The number of benzene rings is 2. The number of nitro benzene ring substituents is 1. The van der Waals surface area contributed by atoms with Gasteiger partial charge in [0.2, 0.25) is 0 Å². The van der Waals surface area contributed by atoms with Crippen LogP contribution in [0.5, 0.6) is 0 Å². The fraction of sp³-hybridized carbons (Fsp3) is 0.125. The Balaban J connectivity index is 1.90. The molecule has 24 heavy (non-hydrogen) atoms. The van der Waals surface area contributed by atoms with Crippen LogP contribution >= 0.6 is 0 Å². The van der Waals surface area contributed by atoms with E-state index in [1.54, 1.807) is 0 Å². The summed E-state index contributed by atoms with van der Waals surface area (Å²) < 4.78 is 13.4. The number of nitrogens with zero attached hydrogens (tertiary/aromatic N) is 1. The molecule has 1 atom stereocenters. The third-order valence-corrected chi connectivity index (χ3v) is 3.87. The van der Waals surface area contributed by atoms with Crippen LogP contribution in [0.4, 0.5) is 15.8 Å². The zero-order valence-electron chi connectivity index (χ0n) is 12.2. The fourth-order valence-electron chi connectivity index (χ4n) is 2.59. The maximum absolute atomic E-state index is 13.4. The summed E-state index contributed by atoms with van der Waals surface area (Å²) in [4.78, 5) is 34.4. The second-order valence-corrected chi connectivity index (χ2v) is 5.41. The summed E-state index contributed by atoms with van der Waals surface area (Å²) >= 11 is 0. The topological polar surface area (TPSA) is 110 Å². The standard InChI is InChI=1S/C16H11FN2O5/c17-10-3-6-13-12(7-10)16(22,15(21)18-13)8-14(20)9-1-4-11(5-2-9)19(23)24/h1-7,22H,8H2,(H,18,21)/t16-/m0/s1. The number of anilines is 1. The Labute approximate surface area is 134 Å². The molecule has 0 saturated carbocycles. The van der Waals surface area contributed by atoms with Crippen molar-refractivity contribution in [3.63, 3.8) is 0 Å². The summed E-state index contributed by atoms with van der Waals surface area (Å²) in [5.41, 5.74) is -2.04. The average molecular weight is 330 g/mol. The van der Waals surface area contributed by atoms with Gasteiger partial charge in [0.05, 0.1) is 11.3 Å². The molecular formula is C16H11FN2O5. The Kier molecular flexibility index (Phi) is 3.61. The van der Waals surface area contributed by atoms with Crippen LogP contribution in [0.3, 0.4) is 0 Å². The van der Waals surface area contributed by atoms with Gasteiger partial charge in [0.15, 0.2) is 11.4 Å². The highest BCUT2D eigenvalue weighted by Gasteiger charge is 2.47. The lowest BCUT2D eigenvalue weighted by Crippen LogP contribution is -2.36. The van der Waals surface area contributed by atoms with Crippen molar-refractivity contribution in [1.29, 1.82) is 0 Å². The number of carbonyl (C=O) groups is 2. The molecule has 0 spiro atoms. The van der Waals surface area contributed by atoms with Crippen molar-refractivity contribution in [3.05, 3.63) is 69.5 Å². The van der Waals surface area contributed by atoms with Gasteiger partial charge in [-0.05, 0) is 30.3 Å². The minimum absolute atomic E-state index is 0.0113. The van der Waals surface area contributed by atoms with Crippen LogP contribution in [0.2, 0.25) is 0 Å². The Morgan fingerprint density at radius 1 is 1.25 bits per heavy atom. The van der Waals surface area contributed by atoms with Crippen LogP contribution in [-0.2, 0) is 10.4 Å². The predicted octanol–water partition coefficient (Wildman–Crippen LogP) is 2.15. The van der Waals surface area contributed by atoms with Crippen molar-refractivity contribution in [1.82, 2.24) is 0 Å². The number of amides is 1. The van der Waals surface area contributed by atoms with Gasteiger partial charge >= 0.3 is 0 Å². The molecule has 1 aliphatic rings. The molecule has 2 aromatic carbocycles. The molecule has 0 unspecified atom stereocenters. The van der Waals surface area contributed by atoms with Crippen molar-refractivity contribution in [3.8, 4) is 0 Å². The Hall–Kier alpha value is -3.13. The fourth-order valence-corrected chi connectivity index (χ4v) is 2.59. The molecule has 2 aromatic rings. The van der Waals surface area contributed by atoms with Crippen molar-refractivity contribution in [2.45, 2.75) is 12.0 Å². The second-order valence-electron chi connectivity index (χ2n) is 5.41. The number of nitrogens with one attached hydrogen (secondary N) is 1. The molecule has 0 fully saturated rings. The first-order valence-corrected chi connectivity index (χ1v) is 6.93. The van der Waals surface area contributed by atoms with Crippen LogP contribution in [-0.4, -0.2) is 21.7 Å². The smallest absolute Gasteiger partial charge is 0.269 e. The summed E-state index contributed by atoms with van der Waals surface area (Å²) in [6.07, 6.45) is -0.604. The maximum atomic E-state index is 13.4. The molecular weight excluding hydrogens is 319 g/mol. The van der Waals surface area contributed by atoms with E-state index in [9.17, 15) is 29.2 Å². The van der Waals surface area contributed by atoms with E-state index in [-0.39, 0.29) is 22.5 Å². The molecule has 7 nitrogen and oxygen atoms in total. The normalized spacial score (nSPS) is 18.8. The van der Waals surface area contributed by atoms with Crippen LogP contribution in [0.1, 0.15) is 22.3 Å². The highest BCUT2D eigenvalue weighted by Crippen LogP contribution is 2.39. The molecule has 1 amide bonds. The highest BCUT2D eigenvalue weighted by atomic mass is 19.1. The number of nitro groups is 1. The van der Waals surface area contributed by atoms with E-state index in [1.807, 2.05) is 0 Å². The van der Waals surface area contributed by atoms with Crippen LogP contribution < -0.4 is 5.32 Å². The predicted molar refractivity (Wildman–Crippen MR) is 81.0 cm³/mol. The number of ketones is 1. The summed E-state index contributed by atoms with van der Waals surface area (Å²) in [5.74, 6) is -2.07. The van der Waals surface area contributed by atoms with Crippen molar-refractivity contribution >= 4 is 23.1 Å². The van der Waals surface area contributed by atoms with Gasteiger partial charge in [-0.3, -0.25) is 19.7 Å². The molecule has 8 heteroatoms. The van der Waals surface area contributed by atoms with Gasteiger partial charge in [-0.15, -0.1) is 0 Å². The summed E-state index contributed by atoms with van der Waals surface area (Å²) in [5, 5.41) is 23.6. The number of carbonyl (C=O) groups excluding carboxylic acids is 2. The van der Waals surface area contributed by atoms with Crippen molar-refractivity contribution in [2.24, 2.45) is 0 Å². The monoisotopic (exact) mass is 330 g/mol. The third kappa shape index (κ3) is 2.52. The van der Waals surface area contributed by atoms with E-state index < -0.39 is 34.5 Å². The quantitative estimate of drug-likeness (QED) is 0.507. The van der Waals surface area contributed by atoms with Gasteiger partial charge in [-0.2, -0.15) is 0 Å². The number of hydrogen-bond donors (Lipinski definition) is 2. The second kappa shape index (κ2) is 5.50. The first-order valence-electron chi connectivity index (χ1n) is 6.93. The maximum Gasteiger partial charge on any atom is 0.269 e. The van der Waals surface area contributed by atoms with Crippen LogP contribution in [0, 0.1) is 15.9 Å². The van der Waals surface area contributed by atoms with Crippen LogP contribution in [0.15, 0.2) is 42.5 Å². The first kappa shape index (κ1) is 15.8. The van der Waals surface area contributed by atoms with Gasteiger partial charge in [0.1, 0.15) is 5.82 Å². The van der Waals surface area contributed by atoms with Gasteiger partial charge in [0, 0.05) is 28.9 Å². The number of fused-ring (bicyclic) bond motifs is 1. The summed E-state index contributed by atoms with van der Waals surface area (Å²) in [6, 6.07) is 8.21. The number of aliphatic hydroxyl groups is 1. The molecule has 0 aromatic heterocycles. The third-order valence-electron chi connectivity index (χ3n) is 3.87. The molecule has 0 aliphatic carbocycles. The summed E-state index contributed by atoms with van der Waals surface area (Å²) in [7, 11) is 0. The molecule has 122 valence electrons. The number of non-ortho nitro benzene ring substituents is 1. The number of Topliss-reactive ketones (excluding diaryl/α,β-unsaturated/α-hetero) is 1. The molecule has 3 rings (SSSR count). The first-order chi connectivity index (χ1) is 11.3. The number of rotatable bonds is 4. The SMILES string of the molecule is O=C(C[C@@]1(O)C(=O)Nc2ccc(F)cc21)c1ccc([N+](=O)[O-])cc1. The zero-order chi connectivity index (χ0) is 17.5. The molecule has 1 aliphatic heterocycles. The Morgan fingerprint density at radius 3 is 2.54 bits per heavy atom. The lowest BCUT2D eigenvalue weighted by molar-refractivity contribution is -0.384. The van der Waals surface area contributed by atoms with Gasteiger partial charge in [0.25, 0.3) is 11.6 Å². The molecule has 1 heterocycles. The lowest BCUT2D eigenvalue weighted by Gasteiger charge is -2.20. The van der Waals surface area contributed by atoms with Gasteiger partial charge in [-0.1, -0.05) is 0 Å². The van der Waals surface area contributed by atoms with E-state index in [0.717, 1.165) is 24.3 Å². The summed E-state index contributed by atoms with van der Waals surface area (Å²) in [6.45, 7) is 0. The minimum Gasteiger partial charge on any atom is -0.375 e. The van der Waals surface area contributed by atoms with E-state index in [4.69, 9.17) is 0 Å². The Morgan fingerprint density at radius 2 is 1.92 bits per heavy atom. The molecule has 0 saturated heterocycles. The van der Waals surface area contributed by atoms with E-state index in [1.165, 1.54) is 18.2 Å². The van der Waals surface area contributed by atoms with Crippen molar-refractivity contribution < 1.29 is 24.0 Å². The molecule has 0 radical (unpaired) electrons. The highest BCUT2D eigenvalue weighted by molar-refractivity contribution is 6.09. The largest absolute Gasteiger partial charge is 0.375 e. The van der Waals surface area contributed by atoms with E-state index in [2.05, 4.69) is 5.32 Å². The van der Waals surface area contributed by atoms with Crippen LogP contribution in [0.25, 0.3) is 0 Å². The van der Waals surface area contributed by atoms with Gasteiger partial charge < -0.3 is 10.4 Å².